The normalized spacial score (nSPS) is 14.8. The Labute approximate surface area is 170 Å². The predicted octanol–water partition coefficient (Wildman–Crippen LogP) is 4.32. The number of nitrogens with one attached hydrogen (secondary N) is 3. The van der Waals surface area contributed by atoms with Crippen molar-refractivity contribution in [3.8, 4) is 0 Å². The van der Waals surface area contributed by atoms with Gasteiger partial charge in [0.1, 0.15) is 5.82 Å². The maximum Gasteiger partial charge on any atom is 0.225 e. The fourth-order valence-electron chi connectivity index (χ4n) is 3.22. The van der Waals surface area contributed by atoms with Gasteiger partial charge in [0.15, 0.2) is 11.6 Å². The number of hydrogen-bond donors (Lipinski definition) is 4. The van der Waals surface area contributed by atoms with Crippen molar-refractivity contribution in [1.29, 1.82) is 0 Å². The lowest BCUT2D eigenvalue weighted by Gasteiger charge is -2.17. The van der Waals surface area contributed by atoms with Gasteiger partial charge < -0.3 is 15.7 Å². The van der Waals surface area contributed by atoms with Gasteiger partial charge in [-0.1, -0.05) is 12.1 Å². The lowest BCUT2D eigenvalue weighted by molar-refractivity contribution is 0.276. The molecule has 0 bridgehead atoms. The fourth-order valence-corrected chi connectivity index (χ4v) is 4.00. The van der Waals surface area contributed by atoms with E-state index in [-0.39, 0.29) is 12.4 Å². The first-order chi connectivity index (χ1) is 14.2. The van der Waals surface area contributed by atoms with Crippen LogP contribution in [0, 0.1) is 5.82 Å². The number of anilines is 3. The standard InChI is InChI=1S/C20H19FN6OS/c21-13-5-3-12(4-6-13)16(10-28)23-20-22-14-7-8-29-18(14)19(25-20)24-17-9-15(26-27-17)11-1-2-11/h3-9,11,16,28H,1-2,10H2,(H3,22,23,24,25,26,27)/t16-/m0/s1. The van der Waals surface area contributed by atoms with E-state index in [1.807, 2.05) is 17.5 Å². The topological polar surface area (TPSA) is 98.8 Å². The molecule has 1 aliphatic rings. The van der Waals surface area contributed by atoms with Crippen molar-refractivity contribution >= 4 is 39.1 Å². The Bertz CT molecular complexity index is 1140. The molecule has 9 heteroatoms. The van der Waals surface area contributed by atoms with Crippen LogP contribution in [-0.2, 0) is 0 Å². The van der Waals surface area contributed by atoms with Crippen LogP contribution in [0.2, 0.25) is 0 Å². The van der Waals surface area contributed by atoms with E-state index in [0.717, 1.165) is 21.5 Å². The minimum atomic E-state index is -0.452. The summed E-state index contributed by atoms with van der Waals surface area (Å²) < 4.78 is 14.1. The van der Waals surface area contributed by atoms with E-state index in [9.17, 15) is 9.50 Å². The third-order valence-electron chi connectivity index (χ3n) is 4.92. The van der Waals surface area contributed by atoms with Gasteiger partial charge in [-0.05, 0) is 42.0 Å². The van der Waals surface area contributed by atoms with Crippen molar-refractivity contribution in [3.63, 3.8) is 0 Å². The molecule has 0 radical (unpaired) electrons. The Balaban J connectivity index is 1.43. The Kier molecular flexibility index (Phi) is 4.61. The van der Waals surface area contributed by atoms with Crippen molar-refractivity contribution < 1.29 is 9.50 Å². The number of aliphatic hydroxyl groups excluding tert-OH is 1. The van der Waals surface area contributed by atoms with Gasteiger partial charge in [0.05, 0.1) is 22.9 Å². The Morgan fingerprint density at radius 1 is 1.21 bits per heavy atom. The molecule has 0 amide bonds. The average Bonchev–Trinajstić information content (AvgIpc) is 3.28. The first-order valence-corrected chi connectivity index (χ1v) is 10.3. The molecule has 148 valence electrons. The Hall–Kier alpha value is -3.04. The van der Waals surface area contributed by atoms with Crippen LogP contribution in [0.1, 0.15) is 36.1 Å². The van der Waals surface area contributed by atoms with Crippen LogP contribution in [0.4, 0.5) is 22.0 Å². The highest BCUT2D eigenvalue weighted by molar-refractivity contribution is 7.17. The number of fused-ring (bicyclic) bond motifs is 1. The predicted molar refractivity (Wildman–Crippen MR) is 111 cm³/mol. The summed E-state index contributed by atoms with van der Waals surface area (Å²) in [5.74, 6) is 2.00. The molecule has 4 N–H and O–H groups in total. The van der Waals surface area contributed by atoms with Gasteiger partial charge in [0, 0.05) is 17.7 Å². The number of nitrogens with zero attached hydrogens (tertiary/aromatic N) is 3. The monoisotopic (exact) mass is 410 g/mol. The summed E-state index contributed by atoms with van der Waals surface area (Å²) in [5, 5.41) is 25.6. The molecule has 0 unspecified atom stereocenters. The van der Waals surface area contributed by atoms with Crippen molar-refractivity contribution in [2.45, 2.75) is 24.8 Å². The average molecular weight is 410 g/mol. The van der Waals surface area contributed by atoms with Crippen molar-refractivity contribution in [2.75, 3.05) is 17.2 Å². The third kappa shape index (κ3) is 3.79. The van der Waals surface area contributed by atoms with Gasteiger partial charge in [0.2, 0.25) is 5.95 Å². The highest BCUT2D eigenvalue weighted by atomic mass is 32.1. The molecule has 0 aliphatic heterocycles. The van der Waals surface area contributed by atoms with E-state index >= 15 is 0 Å². The minimum absolute atomic E-state index is 0.177. The SMILES string of the molecule is OC[C@H](Nc1nc(Nc2cc(C3CC3)[nH]n2)c2sccc2n1)c1ccc(F)cc1. The first-order valence-electron chi connectivity index (χ1n) is 9.40. The molecule has 0 saturated heterocycles. The lowest BCUT2D eigenvalue weighted by atomic mass is 10.1. The molecule has 3 aromatic heterocycles. The summed E-state index contributed by atoms with van der Waals surface area (Å²) in [4.78, 5) is 9.15. The second-order valence-corrected chi connectivity index (χ2v) is 7.99. The number of aromatic nitrogens is 4. The van der Waals surface area contributed by atoms with Crippen LogP contribution >= 0.6 is 11.3 Å². The van der Waals surface area contributed by atoms with Crippen LogP contribution < -0.4 is 10.6 Å². The zero-order valence-corrected chi connectivity index (χ0v) is 16.2. The zero-order chi connectivity index (χ0) is 19.8. The third-order valence-corrected chi connectivity index (χ3v) is 5.83. The highest BCUT2D eigenvalue weighted by Gasteiger charge is 2.25. The molecule has 3 heterocycles. The molecule has 1 aliphatic carbocycles. The van der Waals surface area contributed by atoms with E-state index in [4.69, 9.17) is 0 Å². The summed E-state index contributed by atoms with van der Waals surface area (Å²) in [6.45, 7) is -0.177. The lowest BCUT2D eigenvalue weighted by Crippen LogP contribution is -2.17. The highest BCUT2D eigenvalue weighted by Crippen LogP contribution is 2.40. The number of hydrogen-bond acceptors (Lipinski definition) is 7. The summed E-state index contributed by atoms with van der Waals surface area (Å²) in [7, 11) is 0. The van der Waals surface area contributed by atoms with E-state index in [1.165, 1.54) is 25.0 Å². The molecule has 1 atom stereocenters. The Morgan fingerprint density at radius 3 is 2.79 bits per heavy atom. The molecular weight excluding hydrogens is 391 g/mol. The van der Waals surface area contributed by atoms with E-state index in [0.29, 0.717) is 23.5 Å². The fraction of sp³-hybridized carbons (Fsp3) is 0.250. The van der Waals surface area contributed by atoms with Gasteiger partial charge in [-0.15, -0.1) is 11.3 Å². The van der Waals surface area contributed by atoms with Gasteiger partial charge in [-0.25, -0.2) is 9.37 Å². The Morgan fingerprint density at radius 2 is 2.03 bits per heavy atom. The molecule has 5 rings (SSSR count). The van der Waals surface area contributed by atoms with Crippen LogP contribution in [0.5, 0.6) is 0 Å². The number of benzene rings is 1. The molecule has 0 spiro atoms. The summed E-state index contributed by atoms with van der Waals surface area (Å²) in [5.41, 5.74) is 2.68. The van der Waals surface area contributed by atoms with E-state index in [1.54, 1.807) is 23.5 Å². The molecule has 7 nitrogen and oxygen atoms in total. The molecule has 1 aromatic carbocycles. The number of halogens is 1. The molecular formula is C20H19FN6OS. The summed E-state index contributed by atoms with van der Waals surface area (Å²) in [6.07, 6.45) is 2.40. The first kappa shape index (κ1) is 18.0. The second kappa shape index (κ2) is 7.41. The maximum absolute atomic E-state index is 13.2. The summed E-state index contributed by atoms with van der Waals surface area (Å²) in [6, 6.07) is 9.48. The second-order valence-electron chi connectivity index (χ2n) is 7.07. The largest absolute Gasteiger partial charge is 0.394 e. The van der Waals surface area contributed by atoms with Gasteiger partial charge in [0.25, 0.3) is 0 Å². The van der Waals surface area contributed by atoms with Crippen LogP contribution in [0.3, 0.4) is 0 Å². The zero-order valence-electron chi connectivity index (χ0n) is 15.4. The van der Waals surface area contributed by atoms with Gasteiger partial charge >= 0.3 is 0 Å². The molecule has 1 fully saturated rings. The van der Waals surface area contributed by atoms with Crippen LogP contribution in [0.25, 0.3) is 10.2 Å². The van der Waals surface area contributed by atoms with Crippen molar-refractivity contribution in [1.82, 2.24) is 20.2 Å². The van der Waals surface area contributed by atoms with E-state index in [2.05, 4.69) is 30.8 Å². The number of aliphatic hydroxyl groups is 1. The van der Waals surface area contributed by atoms with Gasteiger partial charge in [-0.2, -0.15) is 10.1 Å². The van der Waals surface area contributed by atoms with Crippen LogP contribution in [0.15, 0.2) is 41.8 Å². The maximum atomic E-state index is 13.2. The van der Waals surface area contributed by atoms with Crippen molar-refractivity contribution in [2.24, 2.45) is 0 Å². The number of rotatable bonds is 7. The summed E-state index contributed by atoms with van der Waals surface area (Å²) >= 11 is 1.55. The minimum Gasteiger partial charge on any atom is -0.394 e. The number of H-pyrrole nitrogens is 1. The van der Waals surface area contributed by atoms with E-state index < -0.39 is 6.04 Å². The smallest absolute Gasteiger partial charge is 0.225 e. The van der Waals surface area contributed by atoms with Crippen LogP contribution in [-0.4, -0.2) is 31.9 Å². The quantitative estimate of drug-likeness (QED) is 0.362. The number of thiophene rings is 1. The molecule has 1 saturated carbocycles. The molecule has 29 heavy (non-hydrogen) atoms. The number of aromatic amines is 1. The van der Waals surface area contributed by atoms with Gasteiger partial charge in [-0.3, -0.25) is 5.10 Å². The molecule has 4 aromatic rings. The van der Waals surface area contributed by atoms with Crippen molar-refractivity contribution in [3.05, 3.63) is 58.9 Å².